The molecule has 0 bridgehead atoms. The molecule has 27 heavy (non-hydrogen) atoms. The van der Waals surface area contributed by atoms with Crippen molar-refractivity contribution < 1.29 is 4.79 Å². The summed E-state index contributed by atoms with van der Waals surface area (Å²) in [6.07, 6.45) is 0. The van der Waals surface area contributed by atoms with Gasteiger partial charge < -0.3 is 5.32 Å². The van der Waals surface area contributed by atoms with Crippen LogP contribution in [0.1, 0.15) is 29.7 Å². The average Bonchev–Trinajstić information content (AvgIpc) is 3.08. The van der Waals surface area contributed by atoms with E-state index < -0.39 is 0 Å². The van der Waals surface area contributed by atoms with Crippen LogP contribution in [0.2, 0.25) is 5.02 Å². The van der Waals surface area contributed by atoms with Crippen LogP contribution < -0.4 is 5.32 Å². The van der Waals surface area contributed by atoms with Gasteiger partial charge in [0.1, 0.15) is 0 Å². The standard InChI is InChI=1S/C19H20ClN5OS/c1-12-7-6-8-13(2)18(12)25-19(22-23-24-25)27-11-17(26)21-14(3)15-9-4-5-10-16(15)20/h4-10,14H,11H2,1-3H3,(H,21,26)/t14-/m0/s1. The Balaban J connectivity index is 1.67. The van der Waals surface area contributed by atoms with Gasteiger partial charge in [-0.3, -0.25) is 4.79 Å². The molecule has 8 heteroatoms. The van der Waals surface area contributed by atoms with Crippen molar-refractivity contribution in [1.82, 2.24) is 25.5 Å². The average molecular weight is 402 g/mol. The first kappa shape index (κ1) is 19.4. The third-order valence-corrected chi connectivity index (χ3v) is 5.44. The monoisotopic (exact) mass is 401 g/mol. The Labute approximate surface area is 167 Å². The van der Waals surface area contributed by atoms with Crippen molar-refractivity contribution in [3.05, 3.63) is 64.2 Å². The molecule has 1 atom stereocenters. The number of aromatic nitrogens is 4. The van der Waals surface area contributed by atoms with E-state index in [1.807, 2.05) is 63.2 Å². The molecule has 3 aromatic rings. The first-order valence-corrected chi connectivity index (χ1v) is 9.85. The summed E-state index contributed by atoms with van der Waals surface area (Å²) >= 11 is 7.49. The second-order valence-corrected chi connectivity index (χ2v) is 7.56. The van der Waals surface area contributed by atoms with Crippen molar-refractivity contribution in [2.45, 2.75) is 32.0 Å². The van der Waals surface area contributed by atoms with Crippen LogP contribution in [0.25, 0.3) is 5.69 Å². The van der Waals surface area contributed by atoms with Crippen molar-refractivity contribution in [1.29, 1.82) is 0 Å². The molecular weight excluding hydrogens is 382 g/mol. The van der Waals surface area contributed by atoms with Gasteiger partial charge in [-0.15, -0.1) is 5.10 Å². The van der Waals surface area contributed by atoms with Crippen molar-refractivity contribution in [3.63, 3.8) is 0 Å². The summed E-state index contributed by atoms with van der Waals surface area (Å²) in [6.45, 7) is 5.93. The Hall–Kier alpha value is -2.38. The highest BCUT2D eigenvalue weighted by atomic mass is 35.5. The Kier molecular flexibility index (Phi) is 6.13. The fraction of sp³-hybridized carbons (Fsp3) is 0.263. The number of benzene rings is 2. The van der Waals surface area contributed by atoms with Crippen LogP contribution in [0.3, 0.4) is 0 Å². The molecule has 0 unspecified atom stereocenters. The zero-order valence-corrected chi connectivity index (χ0v) is 16.9. The Bertz CT molecular complexity index is 939. The number of hydrogen-bond acceptors (Lipinski definition) is 5. The largest absolute Gasteiger partial charge is 0.349 e. The maximum absolute atomic E-state index is 12.4. The zero-order valence-electron chi connectivity index (χ0n) is 15.3. The first-order chi connectivity index (χ1) is 13.0. The number of nitrogens with zero attached hydrogens (tertiary/aromatic N) is 4. The van der Waals surface area contributed by atoms with E-state index in [0.717, 1.165) is 22.4 Å². The summed E-state index contributed by atoms with van der Waals surface area (Å²) in [5, 5.41) is 16.1. The summed E-state index contributed by atoms with van der Waals surface area (Å²) in [4.78, 5) is 12.4. The molecule has 1 heterocycles. The second-order valence-electron chi connectivity index (χ2n) is 6.21. The number of halogens is 1. The number of aryl methyl sites for hydroxylation is 2. The van der Waals surface area contributed by atoms with Gasteiger partial charge in [0.2, 0.25) is 11.1 Å². The SMILES string of the molecule is Cc1cccc(C)c1-n1nnnc1SCC(=O)N[C@@H](C)c1ccccc1Cl. The van der Waals surface area contributed by atoms with Crippen LogP contribution in [0, 0.1) is 13.8 Å². The number of tetrazole rings is 1. The van der Waals surface area contributed by atoms with E-state index in [2.05, 4.69) is 20.8 Å². The van der Waals surface area contributed by atoms with Gasteiger partial charge in [0, 0.05) is 5.02 Å². The molecule has 0 saturated carbocycles. The van der Waals surface area contributed by atoms with E-state index in [1.165, 1.54) is 11.8 Å². The maximum atomic E-state index is 12.4. The molecule has 140 valence electrons. The summed E-state index contributed by atoms with van der Waals surface area (Å²) in [6, 6.07) is 13.3. The summed E-state index contributed by atoms with van der Waals surface area (Å²) in [5.41, 5.74) is 3.97. The van der Waals surface area contributed by atoms with E-state index in [1.54, 1.807) is 4.68 Å². The number of carbonyl (C=O) groups excluding carboxylic acids is 1. The molecule has 0 spiro atoms. The van der Waals surface area contributed by atoms with Gasteiger partial charge in [0.25, 0.3) is 0 Å². The number of para-hydroxylation sites is 1. The minimum absolute atomic E-state index is 0.108. The fourth-order valence-corrected chi connectivity index (χ4v) is 3.85. The number of hydrogen-bond donors (Lipinski definition) is 1. The van der Waals surface area contributed by atoms with E-state index >= 15 is 0 Å². The van der Waals surface area contributed by atoms with Crippen LogP contribution in [-0.4, -0.2) is 31.9 Å². The quantitative estimate of drug-likeness (QED) is 0.634. The van der Waals surface area contributed by atoms with E-state index in [9.17, 15) is 4.79 Å². The summed E-state index contributed by atoms with van der Waals surface area (Å²) < 4.78 is 1.68. The van der Waals surface area contributed by atoms with Crippen molar-refractivity contribution in [2.24, 2.45) is 0 Å². The third kappa shape index (κ3) is 4.48. The van der Waals surface area contributed by atoms with Crippen LogP contribution in [0.15, 0.2) is 47.6 Å². The van der Waals surface area contributed by atoms with Gasteiger partial charge in [0.05, 0.1) is 17.5 Å². The number of rotatable bonds is 6. The topological polar surface area (TPSA) is 72.7 Å². The van der Waals surface area contributed by atoms with E-state index in [-0.39, 0.29) is 17.7 Å². The molecule has 1 aromatic heterocycles. The minimum Gasteiger partial charge on any atom is -0.349 e. The number of thioether (sulfide) groups is 1. The first-order valence-electron chi connectivity index (χ1n) is 8.49. The molecule has 0 radical (unpaired) electrons. The highest BCUT2D eigenvalue weighted by molar-refractivity contribution is 7.99. The van der Waals surface area contributed by atoms with Gasteiger partial charge in [-0.2, -0.15) is 4.68 Å². The highest BCUT2D eigenvalue weighted by Crippen LogP contribution is 2.24. The summed E-state index contributed by atoms with van der Waals surface area (Å²) in [5.74, 6) is 0.101. The van der Waals surface area contributed by atoms with Crippen LogP contribution in [0.4, 0.5) is 0 Å². The zero-order chi connectivity index (χ0) is 19.4. The molecule has 1 N–H and O–H groups in total. The molecule has 6 nitrogen and oxygen atoms in total. The Morgan fingerprint density at radius 2 is 1.89 bits per heavy atom. The highest BCUT2D eigenvalue weighted by Gasteiger charge is 2.16. The van der Waals surface area contributed by atoms with Gasteiger partial charge in [-0.05, 0) is 54.0 Å². The Morgan fingerprint density at radius 3 is 2.59 bits per heavy atom. The second kappa shape index (κ2) is 8.54. The maximum Gasteiger partial charge on any atom is 0.230 e. The fourth-order valence-electron chi connectivity index (χ4n) is 2.87. The number of carbonyl (C=O) groups is 1. The van der Waals surface area contributed by atoms with Gasteiger partial charge >= 0.3 is 0 Å². The molecule has 0 aliphatic heterocycles. The molecule has 3 rings (SSSR count). The normalized spacial score (nSPS) is 12.0. The molecule has 1 amide bonds. The predicted molar refractivity (Wildman–Crippen MR) is 107 cm³/mol. The molecule has 0 fully saturated rings. The van der Waals surface area contributed by atoms with Crippen molar-refractivity contribution >= 4 is 29.3 Å². The summed E-state index contributed by atoms with van der Waals surface area (Å²) in [7, 11) is 0. The molecule has 0 aliphatic rings. The lowest BCUT2D eigenvalue weighted by Crippen LogP contribution is -2.28. The van der Waals surface area contributed by atoms with E-state index in [4.69, 9.17) is 11.6 Å². The van der Waals surface area contributed by atoms with Gasteiger partial charge in [-0.1, -0.05) is 59.8 Å². The smallest absolute Gasteiger partial charge is 0.230 e. The van der Waals surface area contributed by atoms with Crippen molar-refractivity contribution in [3.8, 4) is 5.69 Å². The van der Waals surface area contributed by atoms with E-state index in [0.29, 0.717) is 10.2 Å². The molecule has 0 saturated heterocycles. The number of amides is 1. The molecular formula is C19H20ClN5OS. The lowest BCUT2D eigenvalue weighted by Gasteiger charge is -2.15. The van der Waals surface area contributed by atoms with Crippen LogP contribution in [0.5, 0.6) is 0 Å². The molecule has 0 aliphatic carbocycles. The van der Waals surface area contributed by atoms with Gasteiger partial charge in [-0.25, -0.2) is 0 Å². The molecule has 2 aromatic carbocycles. The Morgan fingerprint density at radius 1 is 1.19 bits per heavy atom. The van der Waals surface area contributed by atoms with Crippen molar-refractivity contribution in [2.75, 3.05) is 5.75 Å². The third-order valence-electron chi connectivity index (χ3n) is 4.17. The lowest BCUT2D eigenvalue weighted by atomic mass is 10.1. The predicted octanol–water partition coefficient (Wildman–Crippen LogP) is 3.90. The van der Waals surface area contributed by atoms with Gasteiger partial charge in [0.15, 0.2) is 0 Å². The minimum atomic E-state index is -0.179. The lowest BCUT2D eigenvalue weighted by molar-refractivity contribution is -0.119. The number of nitrogens with one attached hydrogen (secondary N) is 1. The van der Waals surface area contributed by atoms with Crippen LogP contribution >= 0.6 is 23.4 Å². The van der Waals surface area contributed by atoms with Crippen LogP contribution in [-0.2, 0) is 4.79 Å².